The van der Waals surface area contributed by atoms with Crippen LogP contribution in [0.4, 0.5) is 26.7 Å². The minimum Gasteiger partial charge on any atom is -0.463 e. The van der Waals surface area contributed by atoms with Crippen molar-refractivity contribution < 1.29 is 90.9 Å². The number of ether oxygens (including phenoxy) is 10. The van der Waals surface area contributed by atoms with E-state index in [-0.39, 0.29) is 46.0 Å². The number of carbonyl (C=O) groups is 6. The summed E-state index contributed by atoms with van der Waals surface area (Å²) in [6.45, 7) is 3.50. The fourth-order valence-electron chi connectivity index (χ4n) is 6.93. The molecule has 6 atom stereocenters. The van der Waals surface area contributed by atoms with Gasteiger partial charge in [-0.1, -0.05) is 25.1 Å². The Kier molecular flexibility index (Phi) is 18.6. The van der Waals surface area contributed by atoms with Crippen molar-refractivity contribution in [2.45, 2.75) is 84.5 Å². The Balaban J connectivity index is 1.35. The molecule has 1 fully saturated rings. The van der Waals surface area contributed by atoms with E-state index < -0.39 is 125 Å². The topological polar surface area (TPSA) is 324 Å². The van der Waals surface area contributed by atoms with Gasteiger partial charge in [-0.25, -0.2) is 9.59 Å². The van der Waals surface area contributed by atoms with Gasteiger partial charge in [-0.05, 0) is 53.1 Å². The minimum atomic E-state index is -1.57. The molecule has 5 rings (SSSR count). The average molecular weight is 1000 g/mol. The predicted molar refractivity (Wildman–Crippen MR) is 240 cm³/mol. The molecule has 72 heavy (non-hydrogen) atoms. The molecule has 1 heterocycles. The van der Waals surface area contributed by atoms with E-state index in [0.29, 0.717) is 5.56 Å². The molecule has 1 saturated heterocycles. The van der Waals surface area contributed by atoms with Gasteiger partial charge in [-0.3, -0.25) is 49.5 Å². The summed E-state index contributed by atoms with van der Waals surface area (Å²) in [5.74, 6) is -2.17. The summed E-state index contributed by atoms with van der Waals surface area (Å²) >= 11 is 0. The molecule has 0 radical (unpaired) electrons. The van der Waals surface area contributed by atoms with Crippen LogP contribution in [0.1, 0.15) is 62.5 Å². The molecule has 0 saturated carbocycles. The molecular formula is C47H43N3O22. The fraction of sp³-hybridized carbons (Fsp3) is 0.319. The maximum Gasteiger partial charge on any atom is 0.514 e. The number of hydrogen-bond donors (Lipinski definition) is 0. The molecular weight excluding hydrogens is 959 g/mol. The lowest BCUT2D eigenvalue weighted by molar-refractivity contribution is -0.387. The summed E-state index contributed by atoms with van der Waals surface area (Å²) in [5, 5.41) is 34.5. The van der Waals surface area contributed by atoms with Crippen molar-refractivity contribution in [2.75, 3.05) is 6.61 Å². The summed E-state index contributed by atoms with van der Waals surface area (Å²) in [5.41, 5.74) is -0.456. The Labute approximate surface area is 407 Å². The number of rotatable bonds is 20. The van der Waals surface area contributed by atoms with Crippen molar-refractivity contribution in [3.05, 3.63) is 138 Å². The van der Waals surface area contributed by atoms with E-state index in [1.165, 1.54) is 36.4 Å². The van der Waals surface area contributed by atoms with Crippen molar-refractivity contribution in [3.63, 3.8) is 0 Å². The lowest BCUT2D eigenvalue weighted by atomic mass is 9.90. The number of benzene rings is 4. The Morgan fingerprint density at radius 1 is 0.681 bits per heavy atom. The molecule has 1 aliphatic rings. The molecule has 4 aromatic carbocycles. The lowest BCUT2D eigenvalue weighted by Gasteiger charge is -2.43. The Bertz CT molecular complexity index is 2730. The van der Waals surface area contributed by atoms with Crippen LogP contribution in [-0.2, 0) is 72.0 Å². The summed E-state index contributed by atoms with van der Waals surface area (Å²) in [6.07, 6.45) is -4.05. The third kappa shape index (κ3) is 15.4. The van der Waals surface area contributed by atoms with Crippen molar-refractivity contribution in [2.24, 2.45) is 5.92 Å². The van der Waals surface area contributed by atoms with Crippen molar-refractivity contribution in [1.82, 2.24) is 0 Å². The molecule has 0 bridgehead atoms. The van der Waals surface area contributed by atoms with Crippen LogP contribution in [0.5, 0.6) is 17.2 Å². The minimum absolute atomic E-state index is 0.0446. The number of esters is 4. The zero-order valence-electron chi connectivity index (χ0n) is 38.5. The largest absolute Gasteiger partial charge is 0.514 e. The van der Waals surface area contributed by atoms with Crippen molar-refractivity contribution in [1.29, 1.82) is 0 Å². The van der Waals surface area contributed by atoms with Gasteiger partial charge in [-0.15, -0.1) is 12.3 Å². The normalized spacial score (nSPS) is 17.3. The van der Waals surface area contributed by atoms with Gasteiger partial charge in [0.05, 0.1) is 27.6 Å². The third-order valence-corrected chi connectivity index (χ3v) is 10.2. The van der Waals surface area contributed by atoms with E-state index in [2.05, 4.69) is 5.92 Å². The smallest absolute Gasteiger partial charge is 0.463 e. The van der Waals surface area contributed by atoms with Gasteiger partial charge in [0, 0.05) is 62.6 Å². The number of hydrogen-bond acceptors (Lipinski definition) is 22. The first-order chi connectivity index (χ1) is 34.2. The van der Waals surface area contributed by atoms with Crippen LogP contribution in [0.15, 0.2) is 84.9 Å². The maximum atomic E-state index is 13.7. The SMILES string of the molecule is C#CCC(OC(=O)Cc1ccc(COC(=O)Oc2ccc([N+](=O)[O-])cc2)cc1COC(=O)Oc1ccc([N+](=O)[O-])cc1)c1ccc(O[C@@H]2OC(COC(C)=O)[C@H](OC(C)=O)C(C)[C@@H]2OC(C)=O)c([N+](=O)[O-])c1. The summed E-state index contributed by atoms with van der Waals surface area (Å²) < 4.78 is 54.3. The number of terminal acetylenes is 1. The molecule has 1 aliphatic heterocycles. The molecule has 0 amide bonds. The Hall–Kier alpha value is -9.18. The third-order valence-electron chi connectivity index (χ3n) is 10.2. The van der Waals surface area contributed by atoms with Crippen LogP contribution in [0.25, 0.3) is 0 Å². The highest BCUT2D eigenvalue weighted by Crippen LogP contribution is 2.38. The molecule has 0 aliphatic carbocycles. The van der Waals surface area contributed by atoms with Crippen molar-refractivity contribution in [3.8, 4) is 29.6 Å². The van der Waals surface area contributed by atoms with Gasteiger partial charge < -0.3 is 47.4 Å². The molecule has 0 N–H and O–H groups in total. The standard InChI is InChI=1S/C47H43N3O22/c1-6-7-39(32-10-19-40(38(21-32)50(61)62)71-45-44(67-29(5)53)26(2)43(66-28(4)52)41(72-45)25-63-27(3)51)70-42(54)22-31-9-8-30(23-64-46(55)68-36-15-11-34(12-16-36)48(57)58)20-33(31)24-65-47(56)69-37-17-13-35(14-18-37)49(59)60/h1,8-21,26,39,41,43-45H,7,22-25H2,2-5H3/t26?,39?,41?,43-,44+,45-/m1/s1. The van der Waals surface area contributed by atoms with E-state index in [9.17, 15) is 59.1 Å². The van der Waals surface area contributed by atoms with Crippen molar-refractivity contribution >= 4 is 53.3 Å². The first-order valence-corrected chi connectivity index (χ1v) is 21.2. The highest BCUT2D eigenvalue weighted by Gasteiger charge is 2.49. The summed E-state index contributed by atoms with van der Waals surface area (Å²) in [4.78, 5) is 107. The number of nitrogens with zero attached hydrogens (tertiary/aromatic N) is 3. The van der Waals surface area contributed by atoms with Gasteiger partial charge in [0.15, 0.2) is 11.9 Å². The van der Waals surface area contributed by atoms with Crippen LogP contribution in [-0.4, -0.2) is 82.2 Å². The highest BCUT2D eigenvalue weighted by atomic mass is 16.7. The van der Waals surface area contributed by atoms with Gasteiger partial charge in [0.1, 0.15) is 49.6 Å². The quantitative estimate of drug-likeness (QED) is 0.0218. The van der Waals surface area contributed by atoms with Crippen LogP contribution >= 0.6 is 0 Å². The van der Waals surface area contributed by atoms with E-state index >= 15 is 0 Å². The van der Waals surface area contributed by atoms with Crippen LogP contribution in [0.3, 0.4) is 0 Å². The molecule has 3 unspecified atom stereocenters. The zero-order chi connectivity index (χ0) is 52.6. The van der Waals surface area contributed by atoms with Crippen LogP contribution < -0.4 is 14.2 Å². The predicted octanol–water partition coefficient (Wildman–Crippen LogP) is 6.86. The molecule has 4 aromatic rings. The first-order valence-electron chi connectivity index (χ1n) is 21.2. The molecule has 25 heteroatoms. The average Bonchev–Trinajstić information content (AvgIpc) is 3.32. The second kappa shape index (κ2) is 24.9. The van der Waals surface area contributed by atoms with Crippen LogP contribution in [0, 0.1) is 48.6 Å². The number of non-ortho nitro benzene ring substituents is 2. The number of carbonyl (C=O) groups excluding carboxylic acids is 6. The molecule has 378 valence electrons. The zero-order valence-corrected chi connectivity index (χ0v) is 38.5. The molecule has 0 aromatic heterocycles. The first kappa shape index (κ1) is 53.8. The fourth-order valence-corrected chi connectivity index (χ4v) is 6.93. The van der Waals surface area contributed by atoms with Gasteiger partial charge >= 0.3 is 41.9 Å². The van der Waals surface area contributed by atoms with E-state index in [0.717, 1.165) is 69.3 Å². The second-order valence-electron chi connectivity index (χ2n) is 15.4. The van der Waals surface area contributed by atoms with E-state index in [1.54, 1.807) is 6.92 Å². The Morgan fingerprint density at radius 2 is 1.25 bits per heavy atom. The molecule has 25 nitrogen and oxygen atoms in total. The number of nitro groups is 3. The second-order valence-corrected chi connectivity index (χ2v) is 15.4. The van der Waals surface area contributed by atoms with Crippen LogP contribution in [0.2, 0.25) is 0 Å². The summed E-state index contributed by atoms with van der Waals surface area (Å²) in [7, 11) is 0. The van der Waals surface area contributed by atoms with Gasteiger partial charge in [-0.2, -0.15) is 0 Å². The lowest BCUT2D eigenvalue weighted by Crippen LogP contribution is -2.58. The highest BCUT2D eigenvalue weighted by molar-refractivity contribution is 5.74. The monoisotopic (exact) mass is 1000 g/mol. The molecule has 0 spiro atoms. The van der Waals surface area contributed by atoms with Gasteiger partial charge in [0.25, 0.3) is 11.4 Å². The maximum absolute atomic E-state index is 13.7. The Morgan fingerprint density at radius 3 is 1.78 bits per heavy atom. The van der Waals surface area contributed by atoms with E-state index in [4.69, 9.17) is 53.8 Å². The number of nitro benzene ring substituents is 3. The summed E-state index contributed by atoms with van der Waals surface area (Å²) in [6, 6.07) is 16.9. The van der Waals surface area contributed by atoms with Gasteiger partial charge in [0.2, 0.25) is 6.29 Å². The van der Waals surface area contributed by atoms with E-state index in [1.807, 2.05) is 0 Å².